The number of carbonyl (C=O) groups is 1. The summed E-state index contributed by atoms with van der Waals surface area (Å²) in [6, 6.07) is 6.63. The number of carbonyl (C=O) groups excluding carboxylic acids is 1. The van der Waals surface area contributed by atoms with Gasteiger partial charge in [-0.1, -0.05) is 18.2 Å². The maximum Gasteiger partial charge on any atom is 0.223 e. The fraction of sp³-hybridized carbons (Fsp3) is 0.632. The molecule has 1 heterocycles. The van der Waals surface area contributed by atoms with E-state index in [9.17, 15) is 9.18 Å². The topological polar surface area (TPSA) is 47.6 Å². The third kappa shape index (κ3) is 4.14. The van der Waals surface area contributed by atoms with Gasteiger partial charge < -0.3 is 14.8 Å². The first kappa shape index (κ1) is 17.4. The minimum Gasteiger partial charge on any atom is -0.376 e. The molecule has 1 aromatic carbocycles. The van der Waals surface area contributed by atoms with Crippen LogP contribution in [-0.4, -0.2) is 37.4 Å². The van der Waals surface area contributed by atoms with Crippen LogP contribution in [0.25, 0.3) is 0 Å². The van der Waals surface area contributed by atoms with Gasteiger partial charge in [-0.05, 0) is 50.7 Å². The van der Waals surface area contributed by atoms with Gasteiger partial charge in [0.2, 0.25) is 5.91 Å². The van der Waals surface area contributed by atoms with Gasteiger partial charge in [-0.15, -0.1) is 0 Å². The van der Waals surface area contributed by atoms with Crippen LogP contribution in [0.4, 0.5) is 4.39 Å². The quantitative estimate of drug-likeness (QED) is 0.920. The molecule has 4 nitrogen and oxygen atoms in total. The van der Waals surface area contributed by atoms with E-state index in [1.807, 2.05) is 13.0 Å². The molecule has 1 N–H and O–H groups in total. The second-order valence-electron chi connectivity index (χ2n) is 7.06. The molecular formula is C19H26FNO3. The van der Waals surface area contributed by atoms with E-state index in [0.717, 1.165) is 25.7 Å². The number of ether oxygens (including phenoxy) is 2. The molecule has 1 aliphatic heterocycles. The van der Waals surface area contributed by atoms with Crippen LogP contribution < -0.4 is 5.32 Å². The Balaban J connectivity index is 1.48. The Morgan fingerprint density at radius 3 is 2.75 bits per heavy atom. The molecule has 2 fully saturated rings. The van der Waals surface area contributed by atoms with E-state index < -0.39 is 0 Å². The van der Waals surface area contributed by atoms with Gasteiger partial charge in [0, 0.05) is 12.0 Å². The van der Waals surface area contributed by atoms with Gasteiger partial charge in [0.25, 0.3) is 0 Å². The average Bonchev–Trinajstić information content (AvgIpc) is 2.58. The normalized spacial score (nSPS) is 28.5. The number of hydrogen-bond acceptors (Lipinski definition) is 3. The maximum absolute atomic E-state index is 13.7. The zero-order valence-electron chi connectivity index (χ0n) is 14.2. The van der Waals surface area contributed by atoms with Gasteiger partial charge in [0.1, 0.15) is 5.82 Å². The second-order valence-corrected chi connectivity index (χ2v) is 7.06. The molecule has 3 rings (SSSR count). The lowest BCUT2D eigenvalue weighted by molar-refractivity contribution is -0.176. The Morgan fingerprint density at radius 1 is 1.33 bits per heavy atom. The summed E-state index contributed by atoms with van der Waals surface area (Å²) in [6.07, 6.45) is 3.88. The lowest BCUT2D eigenvalue weighted by Gasteiger charge is -2.42. The third-order valence-corrected chi connectivity index (χ3v) is 5.14. The summed E-state index contributed by atoms with van der Waals surface area (Å²) < 4.78 is 25.2. The number of nitrogens with one attached hydrogen (secondary N) is 1. The molecule has 1 atom stereocenters. The van der Waals surface area contributed by atoms with Gasteiger partial charge in [-0.25, -0.2) is 4.39 Å². The van der Waals surface area contributed by atoms with E-state index in [0.29, 0.717) is 31.8 Å². The lowest BCUT2D eigenvalue weighted by Crippen LogP contribution is -2.48. The van der Waals surface area contributed by atoms with Crippen LogP contribution in [-0.2, 0) is 20.7 Å². The van der Waals surface area contributed by atoms with Crippen LogP contribution in [0.3, 0.4) is 0 Å². The maximum atomic E-state index is 13.7. The molecular weight excluding hydrogens is 309 g/mol. The smallest absolute Gasteiger partial charge is 0.223 e. The number of rotatable bonds is 4. The van der Waals surface area contributed by atoms with Crippen molar-refractivity contribution in [3.05, 3.63) is 35.6 Å². The largest absolute Gasteiger partial charge is 0.376 e. The van der Waals surface area contributed by atoms with Crippen LogP contribution in [0.2, 0.25) is 0 Å². The highest BCUT2D eigenvalue weighted by Gasteiger charge is 2.40. The monoisotopic (exact) mass is 335 g/mol. The van der Waals surface area contributed by atoms with Crippen molar-refractivity contribution in [1.29, 1.82) is 0 Å². The third-order valence-electron chi connectivity index (χ3n) is 5.14. The lowest BCUT2D eigenvalue weighted by atomic mass is 9.78. The zero-order valence-corrected chi connectivity index (χ0v) is 14.2. The van der Waals surface area contributed by atoms with E-state index in [1.165, 1.54) is 6.07 Å². The van der Waals surface area contributed by atoms with Crippen LogP contribution in [0.1, 0.15) is 38.2 Å². The van der Waals surface area contributed by atoms with Gasteiger partial charge in [-0.2, -0.15) is 0 Å². The summed E-state index contributed by atoms with van der Waals surface area (Å²) in [6.45, 7) is 3.88. The minimum atomic E-state index is -0.215. The fourth-order valence-electron chi connectivity index (χ4n) is 3.72. The van der Waals surface area contributed by atoms with Crippen LogP contribution in [0.5, 0.6) is 0 Å². The molecule has 0 aromatic heterocycles. The van der Waals surface area contributed by atoms with Crippen LogP contribution in [0, 0.1) is 11.7 Å². The molecule has 1 saturated carbocycles. The van der Waals surface area contributed by atoms with Crippen molar-refractivity contribution in [2.24, 2.45) is 5.92 Å². The number of benzene rings is 1. The summed E-state index contributed by atoms with van der Waals surface area (Å²) in [7, 11) is 0. The Bertz CT molecular complexity index is 561. The summed E-state index contributed by atoms with van der Waals surface area (Å²) in [5.41, 5.74) is 0.467. The molecule has 132 valence electrons. The van der Waals surface area contributed by atoms with Gasteiger partial charge in [-0.3, -0.25) is 4.79 Å². The van der Waals surface area contributed by atoms with Crippen LogP contribution >= 0.6 is 0 Å². The number of amides is 1. The predicted octanol–water partition coefficient (Wildman–Crippen LogP) is 2.85. The average molecular weight is 335 g/mol. The minimum absolute atomic E-state index is 0.0178. The molecule has 0 bridgehead atoms. The van der Waals surface area contributed by atoms with Crippen molar-refractivity contribution in [2.45, 2.75) is 50.7 Å². The Morgan fingerprint density at radius 2 is 2.08 bits per heavy atom. The predicted molar refractivity (Wildman–Crippen MR) is 89.2 cm³/mol. The van der Waals surface area contributed by atoms with E-state index >= 15 is 0 Å². The Kier molecular flexibility index (Phi) is 5.51. The molecule has 0 radical (unpaired) electrons. The molecule has 24 heavy (non-hydrogen) atoms. The van der Waals surface area contributed by atoms with E-state index in [1.54, 1.807) is 12.1 Å². The zero-order chi connectivity index (χ0) is 17.0. The van der Waals surface area contributed by atoms with E-state index in [2.05, 4.69) is 5.32 Å². The summed E-state index contributed by atoms with van der Waals surface area (Å²) in [5, 5.41) is 3.04. The first-order chi connectivity index (χ1) is 11.6. The first-order valence-electron chi connectivity index (χ1n) is 8.83. The second kappa shape index (κ2) is 7.62. The summed E-state index contributed by atoms with van der Waals surface area (Å²) in [5.74, 6) is -0.123. The molecule has 2 aliphatic rings. The molecule has 1 aliphatic carbocycles. The molecule has 1 saturated heterocycles. The summed E-state index contributed by atoms with van der Waals surface area (Å²) in [4.78, 5) is 12.5. The molecule has 1 spiro atoms. The number of halogens is 1. The fourth-order valence-corrected chi connectivity index (χ4v) is 3.72. The van der Waals surface area contributed by atoms with Crippen molar-refractivity contribution in [1.82, 2.24) is 5.32 Å². The molecule has 5 heteroatoms. The molecule has 1 aromatic rings. The van der Waals surface area contributed by atoms with Crippen molar-refractivity contribution in [3.8, 4) is 0 Å². The van der Waals surface area contributed by atoms with Gasteiger partial charge in [0.15, 0.2) is 0 Å². The van der Waals surface area contributed by atoms with Crippen molar-refractivity contribution in [3.63, 3.8) is 0 Å². The van der Waals surface area contributed by atoms with E-state index in [4.69, 9.17) is 9.47 Å². The van der Waals surface area contributed by atoms with Gasteiger partial charge >= 0.3 is 0 Å². The summed E-state index contributed by atoms with van der Waals surface area (Å²) >= 11 is 0. The Hall–Kier alpha value is -1.46. The van der Waals surface area contributed by atoms with Crippen molar-refractivity contribution >= 4 is 5.91 Å². The van der Waals surface area contributed by atoms with Crippen molar-refractivity contribution in [2.75, 3.05) is 19.8 Å². The molecule has 1 unspecified atom stereocenters. The highest BCUT2D eigenvalue weighted by molar-refractivity contribution is 5.79. The van der Waals surface area contributed by atoms with Gasteiger partial charge in [0.05, 0.1) is 25.4 Å². The van der Waals surface area contributed by atoms with Crippen LogP contribution in [0.15, 0.2) is 24.3 Å². The number of hydrogen-bond donors (Lipinski definition) is 1. The first-order valence-corrected chi connectivity index (χ1v) is 8.83. The highest BCUT2D eigenvalue weighted by Crippen LogP contribution is 2.36. The Labute approximate surface area is 142 Å². The molecule has 1 amide bonds. The SMILES string of the molecule is CC(Cc1ccccc1F)NC(=O)C1CCC2(CC1)COCCO2. The highest BCUT2D eigenvalue weighted by atomic mass is 19.1. The van der Waals surface area contributed by atoms with E-state index in [-0.39, 0.29) is 29.3 Å². The van der Waals surface area contributed by atoms with Crippen molar-refractivity contribution < 1.29 is 18.7 Å². The standard InChI is InChI=1S/C19H26FNO3/c1-14(12-16-4-2-3-5-17(16)20)21-18(22)15-6-8-19(9-7-15)13-23-10-11-24-19/h2-5,14-15H,6-13H2,1H3,(H,21,22).